The molecule has 1 saturated carbocycles. The second kappa shape index (κ2) is 4.75. The third kappa shape index (κ3) is 2.70. The first-order valence-electron chi connectivity index (χ1n) is 4.61. The number of carbonyl (C=O) groups is 1. The van der Waals surface area contributed by atoms with E-state index in [9.17, 15) is 9.00 Å². The van der Waals surface area contributed by atoms with Crippen molar-refractivity contribution in [1.29, 1.82) is 0 Å². The van der Waals surface area contributed by atoms with Crippen LogP contribution in [0.4, 0.5) is 0 Å². The van der Waals surface area contributed by atoms with Crippen molar-refractivity contribution >= 4 is 16.6 Å². The molecular weight excluding hydrogens is 172 g/mol. The highest BCUT2D eigenvalue weighted by Crippen LogP contribution is 2.25. The summed E-state index contributed by atoms with van der Waals surface area (Å²) in [4.78, 5) is 11.4. The average molecular weight is 188 g/mol. The summed E-state index contributed by atoms with van der Waals surface area (Å²) in [7, 11) is -0.903. The zero-order chi connectivity index (χ0) is 8.97. The number of carbonyl (C=O) groups excluding carboxylic acids is 1. The molecule has 0 saturated heterocycles. The van der Waals surface area contributed by atoms with E-state index in [-0.39, 0.29) is 11.7 Å². The lowest BCUT2D eigenvalue weighted by Gasteiger charge is -2.05. The van der Waals surface area contributed by atoms with Crippen LogP contribution in [0.2, 0.25) is 0 Å². The minimum atomic E-state index is -0.903. The third-order valence-electron chi connectivity index (χ3n) is 2.44. The summed E-state index contributed by atoms with van der Waals surface area (Å²) in [6, 6.07) is 0. The van der Waals surface area contributed by atoms with Crippen molar-refractivity contribution in [3.05, 3.63) is 0 Å². The zero-order valence-electron chi connectivity index (χ0n) is 7.54. The van der Waals surface area contributed by atoms with Crippen LogP contribution in [-0.2, 0) is 15.6 Å². The Hall–Kier alpha value is -0.180. The largest absolute Gasteiger partial charge is 0.298 e. The molecule has 0 amide bonds. The quantitative estimate of drug-likeness (QED) is 0.670. The highest BCUT2D eigenvalue weighted by Gasteiger charge is 2.23. The topological polar surface area (TPSA) is 34.1 Å². The van der Waals surface area contributed by atoms with Crippen LogP contribution in [0.5, 0.6) is 0 Å². The van der Waals surface area contributed by atoms with E-state index in [1.165, 1.54) is 12.8 Å². The van der Waals surface area contributed by atoms with Gasteiger partial charge in [0.1, 0.15) is 5.78 Å². The van der Waals surface area contributed by atoms with Crippen molar-refractivity contribution in [3.8, 4) is 0 Å². The minimum absolute atomic E-state index is 0.229. The Labute approximate surface area is 76.2 Å². The van der Waals surface area contributed by atoms with Crippen LogP contribution >= 0.6 is 0 Å². The van der Waals surface area contributed by atoms with E-state index in [2.05, 4.69) is 0 Å². The Balaban J connectivity index is 2.32. The van der Waals surface area contributed by atoms with Gasteiger partial charge in [0.05, 0.1) is 5.75 Å². The van der Waals surface area contributed by atoms with Gasteiger partial charge >= 0.3 is 0 Å². The lowest BCUT2D eigenvalue weighted by molar-refractivity contribution is -0.120. The highest BCUT2D eigenvalue weighted by atomic mass is 32.2. The molecule has 0 aliphatic heterocycles. The van der Waals surface area contributed by atoms with E-state index in [4.69, 9.17) is 0 Å². The summed E-state index contributed by atoms with van der Waals surface area (Å²) in [5.74, 6) is 1.37. The lowest BCUT2D eigenvalue weighted by Crippen LogP contribution is -2.19. The van der Waals surface area contributed by atoms with E-state index in [1.807, 2.05) is 6.92 Å². The fraction of sp³-hybridized carbons (Fsp3) is 0.889. The van der Waals surface area contributed by atoms with Gasteiger partial charge in [0.2, 0.25) is 0 Å². The summed E-state index contributed by atoms with van der Waals surface area (Å²) in [6.07, 6.45) is 4.41. The molecule has 0 bridgehead atoms. The molecule has 2 nitrogen and oxygen atoms in total. The number of rotatable bonds is 4. The molecule has 1 rings (SSSR count). The van der Waals surface area contributed by atoms with E-state index in [1.54, 1.807) is 0 Å². The molecular formula is C9H16O2S. The predicted octanol–water partition coefficient (Wildman–Crippen LogP) is 1.51. The van der Waals surface area contributed by atoms with E-state index < -0.39 is 10.8 Å². The fourth-order valence-corrected chi connectivity index (χ4v) is 2.38. The molecule has 1 unspecified atom stereocenters. The van der Waals surface area contributed by atoms with E-state index >= 15 is 0 Å². The van der Waals surface area contributed by atoms with Gasteiger partial charge in [-0.15, -0.1) is 0 Å². The molecule has 0 spiro atoms. The Bertz CT molecular complexity index is 183. The van der Waals surface area contributed by atoms with Gasteiger partial charge in [-0.1, -0.05) is 19.8 Å². The van der Waals surface area contributed by atoms with Crippen LogP contribution in [0.3, 0.4) is 0 Å². The van der Waals surface area contributed by atoms with Crippen LogP contribution in [0.15, 0.2) is 0 Å². The molecule has 12 heavy (non-hydrogen) atoms. The first-order chi connectivity index (χ1) is 5.74. The van der Waals surface area contributed by atoms with Crippen molar-refractivity contribution in [2.75, 3.05) is 11.5 Å². The number of Topliss-reactive ketones (excluding diaryl/α,β-unsaturated/α-hetero) is 1. The van der Waals surface area contributed by atoms with Crippen molar-refractivity contribution in [2.45, 2.75) is 32.6 Å². The second-order valence-corrected chi connectivity index (χ2v) is 5.07. The summed E-state index contributed by atoms with van der Waals surface area (Å²) in [5, 5.41) is 0. The van der Waals surface area contributed by atoms with Crippen LogP contribution in [0.25, 0.3) is 0 Å². The molecule has 3 heteroatoms. The first kappa shape index (κ1) is 9.90. The molecule has 0 radical (unpaired) electrons. The molecule has 0 heterocycles. The van der Waals surface area contributed by atoms with Gasteiger partial charge < -0.3 is 0 Å². The Kier molecular flexibility index (Phi) is 3.92. The molecule has 70 valence electrons. The second-order valence-electron chi connectivity index (χ2n) is 3.32. The highest BCUT2D eigenvalue weighted by molar-refractivity contribution is 7.85. The van der Waals surface area contributed by atoms with Gasteiger partial charge in [-0.05, 0) is 12.8 Å². The maximum atomic E-state index is 11.4. The van der Waals surface area contributed by atoms with Gasteiger partial charge in [0.25, 0.3) is 0 Å². The van der Waals surface area contributed by atoms with Gasteiger partial charge in [-0.3, -0.25) is 9.00 Å². The van der Waals surface area contributed by atoms with Crippen LogP contribution in [-0.4, -0.2) is 21.5 Å². The van der Waals surface area contributed by atoms with Crippen LogP contribution < -0.4 is 0 Å². The van der Waals surface area contributed by atoms with Gasteiger partial charge in [-0.25, -0.2) is 0 Å². The molecule has 1 aliphatic carbocycles. The van der Waals surface area contributed by atoms with Crippen LogP contribution in [0.1, 0.15) is 32.6 Å². The molecule has 1 fully saturated rings. The number of ketones is 1. The van der Waals surface area contributed by atoms with Gasteiger partial charge in [0.15, 0.2) is 0 Å². The number of hydrogen-bond donors (Lipinski definition) is 0. The summed E-state index contributed by atoms with van der Waals surface area (Å²) in [6.45, 7) is 1.86. The van der Waals surface area contributed by atoms with Gasteiger partial charge in [0, 0.05) is 22.5 Å². The Morgan fingerprint density at radius 3 is 2.50 bits per heavy atom. The third-order valence-corrected chi connectivity index (χ3v) is 3.69. The molecule has 1 atom stereocenters. The van der Waals surface area contributed by atoms with Crippen molar-refractivity contribution < 1.29 is 9.00 Å². The SMILES string of the molecule is CCS(=O)CC(=O)C1CCCC1. The smallest absolute Gasteiger partial charge is 0.148 e. The Morgan fingerprint density at radius 1 is 1.42 bits per heavy atom. The van der Waals surface area contributed by atoms with Crippen LogP contribution in [0, 0.1) is 5.92 Å². The first-order valence-corrected chi connectivity index (χ1v) is 6.10. The molecule has 0 aromatic rings. The van der Waals surface area contributed by atoms with E-state index in [0.717, 1.165) is 12.8 Å². The average Bonchev–Trinajstić information content (AvgIpc) is 2.56. The van der Waals surface area contributed by atoms with Gasteiger partial charge in [-0.2, -0.15) is 0 Å². The normalized spacial score (nSPS) is 21.1. The maximum Gasteiger partial charge on any atom is 0.148 e. The minimum Gasteiger partial charge on any atom is -0.298 e. The molecule has 0 N–H and O–H groups in total. The maximum absolute atomic E-state index is 11.4. The van der Waals surface area contributed by atoms with E-state index in [0.29, 0.717) is 11.5 Å². The van der Waals surface area contributed by atoms with Crippen molar-refractivity contribution in [3.63, 3.8) is 0 Å². The monoisotopic (exact) mass is 188 g/mol. The zero-order valence-corrected chi connectivity index (χ0v) is 8.36. The summed E-state index contributed by atoms with van der Waals surface area (Å²) >= 11 is 0. The van der Waals surface area contributed by atoms with Crippen molar-refractivity contribution in [2.24, 2.45) is 5.92 Å². The Morgan fingerprint density at radius 2 is 2.00 bits per heavy atom. The van der Waals surface area contributed by atoms with Crippen molar-refractivity contribution in [1.82, 2.24) is 0 Å². The number of hydrogen-bond acceptors (Lipinski definition) is 2. The lowest BCUT2D eigenvalue weighted by atomic mass is 10.0. The standard InChI is InChI=1S/C9H16O2S/c1-2-12(11)7-9(10)8-5-3-4-6-8/h8H,2-7H2,1H3. The summed E-state index contributed by atoms with van der Waals surface area (Å²) < 4.78 is 11.1. The summed E-state index contributed by atoms with van der Waals surface area (Å²) in [5.41, 5.74) is 0. The predicted molar refractivity (Wildman–Crippen MR) is 50.5 cm³/mol. The molecule has 0 aromatic carbocycles. The fourth-order valence-electron chi connectivity index (χ4n) is 1.63. The molecule has 1 aliphatic rings. The molecule has 0 aromatic heterocycles.